The number of benzene rings is 1. The molecule has 2 atom stereocenters. The predicted molar refractivity (Wildman–Crippen MR) is 126 cm³/mol. The smallest absolute Gasteiger partial charge is 0.407 e. The lowest BCUT2D eigenvalue weighted by Gasteiger charge is -2.42. The zero-order chi connectivity index (χ0) is 26.3. The number of rotatable bonds is 8. The summed E-state index contributed by atoms with van der Waals surface area (Å²) in [6, 6.07) is 5.84. The number of hydrogen-bond donors (Lipinski definition) is 2. The van der Waals surface area contributed by atoms with Crippen molar-refractivity contribution in [2.45, 2.75) is 50.0 Å². The lowest BCUT2D eigenvalue weighted by Crippen LogP contribution is -2.50. The largest absolute Gasteiger partial charge is 0.496 e. The van der Waals surface area contributed by atoms with Crippen molar-refractivity contribution in [3.05, 3.63) is 47.8 Å². The van der Waals surface area contributed by atoms with Crippen molar-refractivity contribution in [1.82, 2.24) is 20.2 Å². The minimum absolute atomic E-state index is 0.00613. The first-order valence-corrected chi connectivity index (χ1v) is 11.7. The standard InChI is InChI=1S/C25H25F3N4O5/c1-35-19-8-13(9-20(37-23(27)28)21(19)22(33)30-17-10-16(17)26)15-11-29-32-12-14(4-5-18(15)32)25(6-3-7-25)31-24(34)36-2/h4-5,8-9,11-12,16-17,23H,3,6-7,10H2,1-2H3,(H,30,33)(H,31,34)/t16-,17+/m0/s1. The molecule has 3 aromatic rings. The van der Waals surface area contributed by atoms with Crippen molar-refractivity contribution >= 4 is 17.5 Å². The van der Waals surface area contributed by atoms with Crippen molar-refractivity contribution < 1.29 is 37.0 Å². The van der Waals surface area contributed by atoms with Gasteiger partial charge in [-0.2, -0.15) is 13.9 Å². The predicted octanol–water partition coefficient (Wildman–Crippen LogP) is 4.19. The molecule has 0 bridgehead atoms. The topological polar surface area (TPSA) is 103 Å². The number of fused-ring (bicyclic) bond motifs is 1. The number of alkyl halides is 3. The van der Waals surface area contributed by atoms with Crippen LogP contribution in [0.5, 0.6) is 11.5 Å². The third kappa shape index (κ3) is 4.63. The fourth-order valence-corrected chi connectivity index (χ4v) is 4.63. The summed E-state index contributed by atoms with van der Waals surface area (Å²) >= 11 is 0. The van der Waals surface area contributed by atoms with Crippen LogP contribution in [0.1, 0.15) is 41.6 Å². The SMILES string of the molecule is COC(=O)NC1(c2ccc3c(-c4cc(OC)c(C(=O)N[C@@H]5C[C@@H]5F)c(OC(F)F)c4)cnn3c2)CCC1. The number of carbonyl (C=O) groups excluding carboxylic acids is 2. The second-order valence-corrected chi connectivity index (χ2v) is 9.12. The number of hydrogen-bond acceptors (Lipinski definition) is 6. The summed E-state index contributed by atoms with van der Waals surface area (Å²) in [6.45, 7) is -3.20. The molecule has 37 heavy (non-hydrogen) atoms. The van der Waals surface area contributed by atoms with Gasteiger partial charge in [0.05, 0.1) is 37.5 Å². The molecule has 2 aliphatic carbocycles. The molecule has 0 aliphatic heterocycles. The van der Waals surface area contributed by atoms with E-state index in [1.807, 2.05) is 12.1 Å². The van der Waals surface area contributed by atoms with Crippen LogP contribution >= 0.6 is 0 Å². The average Bonchev–Trinajstić information content (AvgIpc) is 3.36. The Morgan fingerprint density at radius 1 is 1.19 bits per heavy atom. The molecule has 2 fully saturated rings. The molecule has 196 valence electrons. The number of halogens is 3. The summed E-state index contributed by atoms with van der Waals surface area (Å²) in [5, 5.41) is 9.78. The maximum atomic E-state index is 13.3. The van der Waals surface area contributed by atoms with Gasteiger partial charge in [0.25, 0.3) is 5.91 Å². The fraction of sp³-hybridized carbons (Fsp3) is 0.400. The van der Waals surface area contributed by atoms with Crippen LogP contribution in [-0.2, 0) is 10.3 Å². The molecular weight excluding hydrogens is 493 g/mol. The summed E-state index contributed by atoms with van der Waals surface area (Å²) in [4.78, 5) is 24.6. The van der Waals surface area contributed by atoms with Crippen LogP contribution in [0.15, 0.2) is 36.7 Å². The maximum Gasteiger partial charge on any atom is 0.407 e. The number of ether oxygens (including phenoxy) is 3. The van der Waals surface area contributed by atoms with Crippen molar-refractivity contribution in [2.75, 3.05) is 14.2 Å². The highest BCUT2D eigenvalue weighted by atomic mass is 19.3. The molecule has 0 unspecified atom stereocenters. The van der Waals surface area contributed by atoms with E-state index in [1.54, 1.807) is 16.9 Å². The molecule has 2 N–H and O–H groups in total. The molecule has 2 aromatic heterocycles. The van der Waals surface area contributed by atoms with E-state index < -0.39 is 42.1 Å². The monoisotopic (exact) mass is 518 g/mol. The Bertz CT molecular complexity index is 1360. The molecule has 0 radical (unpaired) electrons. The first-order chi connectivity index (χ1) is 17.7. The van der Waals surface area contributed by atoms with Crippen LogP contribution in [0.3, 0.4) is 0 Å². The second kappa shape index (κ2) is 9.49. The summed E-state index contributed by atoms with van der Waals surface area (Å²) in [5.41, 5.74) is 1.70. The lowest BCUT2D eigenvalue weighted by molar-refractivity contribution is -0.0502. The average molecular weight is 518 g/mol. The molecule has 2 aliphatic rings. The maximum absolute atomic E-state index is 13.3. The van der Waals surface area contributed by atoms with Gasteiger partial charge in [-0.15, -0.1) is 0 Å². The summed E-state index contributed by atoms with van der Waals surface area (Å²) in [5.74, 6) is -1.17. The van der Waals surface area contributed by atoms with E-state index >= 15 is 0 Å². The third-order valence-electron chi connectivity index (χ3n) is 6.87. The number of aromatic nitrogens is 2. The molecule has 0 spiro atoms. The van der Waals surface area contributed by atoms with Crippen LogP contribution in [0.25, 0.3) is 16.6 Å². The van der Waals surface area contributed by atoms with E-state index in [2.05, 4.69) is 20.5 Å². The minimum atomic E-state index is -3.20. The fourth-order valence-electron chi connectivity index (χ4n) is 4.63. The van der Waals surface area contributed by atoms with E-state index in [4.69, 9.17) is 9.47 Å². The van der Waals surface area contributed by atoms with E-state index in [0.717, 1.165) is 24.8 Å². The van der Waals surface area contributed by atoms with Gasteiger partial charge in [0.1, 0.15) is 23.2 Å². The van der Waals surface area contributed by atoms with Crippen molar-refractivity contribution in [3.8, 4) is 22.6 Å². The number of alkyl carbamates (subject to hydrolysis) is 1. The Kier molecular flexibility index (Phi) is 6.34. The van der Waals surface area contributed by atoms with Gasteiger partial charge in [0, 0.05) is 18.2 Å². The second-order valence-electron chi connectivity index (χ2n) is 9.12. The van der Waals surface area contributed by atoms with E-state index in [0.29, 0.717) is 16.6 Å². The number of methoxy groups -OCH3 is 2. The van der Waals surface area contributed by atoms with Crippen LogP contribution < -0.4 is 20.1 Å². The Morgan fingerprint density at radius 3 is 2.51 bits per heavy atom. The zero-order valence-electron chi connectivity index (χ0n) is 20.1. The van der Waals surface area contributed by atoms with Crippen LogP contribution in [-0.4, -0.2) is 54.7 Å². The number of amides is 2. The first kappa shape index (κ1) is 24.7. The van der Waals surface area contributed by atoms with Gasteiger partial charge in [-0.3, -0.25) is 4.79 Å². The number of nitrogens with one attached hydrogen (secondary N) is 2. The summed E-state index contributed by atoms with van der Waals surface area (Å²) < 4.78 is 56.3. The van der Waals surface area contributed by atoms with Crippen molar-refractivity contribution in [3.63, 3.8) is 0 Å². The number of nitrogens with zero attached hydrogens (tertiary/aromatic N) is 2. The van der Waals surface area contributed by atoms with Gasteiger partial charge in [0.15, 0.2) is 0 Å². The van der Waals surface area contributed by atoms with E-state index in [1.165, 1.54) is 26.4 Å². The molecule has 9 nitrogen and oxygen atoms in total. The first-order valence-electron chi connectivity index (χ1n) is 11.7. The Hall–Kier alpha value is -3.96. The Labute approximate surface area is 209 Å². The summed E-state index contributed by atoms with van der Waals surface area (Å²) in [6.07, 6.45) is 4.28. The highest BCUT2D eigenvalue weighted by Crippen LogP contribution is 2.42. The zero-order valence-corrected chi connectivity index (χ0v) is 20.1. The van der Waals surface area contributed by atoms with Crippen LogP contribution in [0.2, 0.25) is 0 Å². The van der Waals surface area contributed by atoms with Gasteiger partial charge < -0.3 is 24.8 Å². The lowest BCUT2D eigenvalue weighted by atomic mass is 9.72. The normalized spacial score (nSPS) is 19.7. The quantitative estimate of drug-likeness (QED) is 0.464. The van der Waals surface area contributed by atoms with Gasteiger partial charge in [-0.05, 0) is 48.6 Å². The number of carbonyl (C=O) groups is 2. The van der Waals surface area contributed by atoms with Crippen molar-refractivity contribution in [1.29, 1.82) is 0 Å². The molecule has 0 saturated heterocycles. The number of pyridine rings is 1. The minimum Gasteiger partial charge on any atom is -0.496 e. The summed E-state index contributed by atoms with van der Waals surface area (Å²) in [7, 11) is 2.61. The highest BCUT2D eigenvalue weighted by Gasteiger charge is 2.41. The molecule has 2 heterocycles. The Balaban J connectivity index is 1.53. The molecular formula is C25H25F3N4O5. The highest BCUT2D eigenvalue weighted by molar-refractivity contribution is 6.01. The van der Waals surface area contributed by atoms with E-state index in [-0.39, 0.29) is 17.7 Å². The van der Waals surface area contributed by atoms with E-state index in [9.17, 15) is 22.8 Å². The van der Waals surface area contributed by atoms with Gasteiger partial charge in [0.2, 0.25) is 0 Å². The third-order valence-corrected chi connectivity index (χ3v) is 6.87. The molecule has 2 saturated carbocycles. The molecule has 12 heteroatoms. The van der Waals surface area contributed by atoms with Crippen LogP contribution in [0.4, 0.5) is 18.0 Å². The Morgan fingerprint density at radius 2 is 1.92 bits per heavy atom. The van der Waals surface area contributed by atoms with Gasteiger partial charge in [-0.25, -0.2) is 13.7 Å². The van der Waals surface area contributed by atoms with Gasteiger partial charge >= 0.3 is 12.7 Å². The molecule has 1 aromatic carbocycles. The van der Waals surface area contributed by atoms with Gasteiger partial charge in [-0.1, -0.05) is 6.07 Å². The molecule has 5 rings (SSSR count). The molecule has 2 amide bonds. The van der Waals surface area contributed by atoms with Crippen LogP contribution in [0, 0.1) is 0 Å². The van der Waals surface area contributed by atoms with Crippen molar-refractivity contribution in [2.24, 2.45) is 0 Å².